The Morgan fingerprint density at radius 1 is 1.00 bits per heavy atom. The van der Waals surface area contributed by atoms with Gasteiger partial charge in [0.25, 0.3) is 0 Å². The van der Waals surface area contributed by atoms with Crippen molar-refractivity contribution < 1.29 is 9.53 Å². The molecule has 0 aliphatic rings. The number of allylic oxidation sites excluding steroid dienone is 1. The lowest BCUT2D eigenvalue weighted by Gasteiger charge is -2.09. The van der Waals surface area contributed by atoms with Crippen molar-refractivity contribution in [2.24, 2.45) is 0 Å². The Morgan fingerprint density at radius 2 is 1.68 bits per heavy atom. The van der Waals surface area contributed by atoms with Crippen molar-refractivity contribution in [1.29, 1.82) is 0 Å². The highest BCUT2D eigenvalue weighted by molar-refractivity contribution is 6.06. The summed E-state index contributed by atoms with van der Waals surface area (Å²) in [5, 5.41) is 0. The van der Waals surface area contributed by atoms with Gasteiger partial charge in [-0.2, -0.15) is 0 Å². The van der Waals surface area contributed by atoms with Crippen LogP contribution >= 0.6 is 0 Å². The zero-order valence-corrected chi connectivity index (χ0v) is 14.7. The van der Waals surface area contributed by atoms with E-state index in [-0.39, 0.29) is 5.78 Å². The van der Waals surface area contributed by atoms with Crippen LogP contribution in [0.4, 0.5) is 0 Å². The number of rotatable bonds is 5. The number of carbonyl (C=O) groups excluding carboxylic acids is 1. The maximum atomic E-state index is 12.4. The molecular formula is C22H21NO2. The summed E-state index contributed by atoms with van der Waals surface area (Å²) in [7, 11) is 1.61. The number of nitrogens with zero attached hydrogens (tertiary/aromatic N) is 1. The first-order valence-corrected chi connectivity index (χ1v) is 8.21. The molecule has 2 aromatic carbocycles. The number of aromatic nitrogens is 1. The van der Waals surface area contributed by atoms with E-state index >= 15 is 0 Å². The highest BCUT2D eigenvalue weighted by atomic mass is 16.5. The third kappa shape index (κ3) is 3.56. The van der Waals surface area contributed by atoms with Gasteiger partial charge in [-0.25, -0.2) is 0 Å². The van der Waals surface area contributed by atoms with E-state index in [4.69, 9.17) is 4.74 Å². The predicted octanol–water partition coefficient (Wildman–Crippen LogP) is 5.00. The maximum Gasteiger partial charge on any atom is 0.185 e. The van der Waals surface area contributed by atoms with Gasteiger partial charge in [0.2, 0.25) is 0 Å². The fourth-order valence-electron chi connectivity index (χ4n) is 2.95. The molecule has 0 saturated heterocycles. The Hall–Kier alpha value is -3.07. The van der Waals surface area contributed by atoms with Gasteiger partial charge < -0.3 is 9.30 Å². The van der Waals surface area contributed by atoms with Gasteiger partial charge in [0, 0.05) is 22.6 Å². The number of methoxy groups -OCH3 is 1. The zero-order chi connectivity index (χ0) is 17.8. The molecule has 0 aliphatic heterocycles. The summed E-state index contributed by atoms with van der Waals surface area (Å²) >= 11 is 0. The summed E-state index contributed by atoms with van der Waals surface area (Å²) in [6.45, 7) is 4.14. The summed E-state index contributed by atoms with van der Waals surface area (Å²) in [6.07, 6.45) is 3.51. The highest BCUT2D eigenvalue weighted by Crippen LogP contribution is 2.22. The average molecular weight is 331 g/mol. The van der Waals surface area contributed by atoms with Crippen molar-refractivity contribution in [2.45, 2.75) is 13.8 Å². The first-order valence-electron chi connectivity index (χ1n) is 8.21. The molecule has 25 heavy (non-hydrogen) atoms. The minimum Gasteiger partial charge on any atom is -0.497 e. The summed E-state index contributed by atoms with van der Waals surface area (Å²) in [4.78, 5) is 12.4. The van der Waals surface area contributed by atoms with Gasteiger partial charge in [-0.15, -0.1) is 0 Å². The lowest BCUT2D eigenvalue weighted by atomic mass is 10.1. The number of para-hydroxylation sites is 1. The van der Waals surface area contributed by atoms with Crippen LogP contribution in [-0.2, 0) is 0 Å². The molecule has 0 amide bonds. The van der Waals surface area contributed by atoms with Crippen molar-refractivity contribution in [1.82, 2.24) is 4.57 Å². The number of carbonyl (C=O) groups is 1. The lowest BCUT2D eigenvalue weighted by molar-refractivity contribution is 0.104. The minimum atomic E-state index is -0.0211. The van der Waals surface area contributed by atoms with Crippen molar-refractivity contribution in [2.75, 3.05) is 7.11 Å². The van der Waals surface area contributed by atoms with E-state index < -0.39 is 0 Å². The fourth-order valence-corrected chi connectivity index (χ4v) is 2.95. The summed E-state index contributed by atoms with van der Waals surface area (Å²) in [5.74, 6) is 0.721. The second-order valence-corrected chi connectivity index (χ2v) is 5.92. The van der Waals surface area contributed by atoms with E-state index in [1.54, 1.807) is 37.5 Å². The van der Waals surface area contributed by atoms with Crippen molar-refractivity contribution in [3.63, 3.8) is 0 Å². The number of hydrogen-bond donors (Lipinski definition) is 0. The predicted molar refractivity (Wildman–Crippen MR) is 102 cm³/mol. The van der Waals surface area contributed by atoms with Gasteiger partial charge in [0.05, 0.1) is 7.11 Å². The second kappa shape index (κ2) is 7.22. The highest BCUT2D eigenvalue weighted by Gasteiger charge is 2.09. The number of hydrogen-bond acceptors (Lipinski definition) is 2. The van der Waals surface area contributed by atoms with Gasteiger partial charge in [-0.3, -0.25) is 4.79 Å². The molecule has 0 atom stereocenters. The second-order valence-electron chi connectivity index (χ2n) is 5.92. The Morgan fingerprint density at radius 3 is 2.32 bits per heavy atom. The van der Waals surface area contributed by atoms with Crippen LogP contribution in [0, 0.1) is 13.8 Å². The van der Waals surface area contributed by atoms with E-state index in [2.05, 4.69) is 36.6 Å². The third-order valence-corrected chi connectivity index (χ3v) is 4.27. The van der Waals surface area contributed by atoms with Crippen molar-refractivity contribution in [3.8, 4) is 11.4 Å². The smallest absolute Gasteiger partial charge is 0.185 e. The van der Waals surface area contributed by atoms with E-state index in [0.717, 1.165) is 28.4 Å². The van der Waals surface area contributed by atoms with E-state index in [1.165, 1.54) is 0 Å². The quantitative estimate of drug-likeness (QED) is 0.487. The molecule has 1 heterocycles. The molecular weight excluding hydrogens is 310 g/mol. The van der Waals surface area contributed by atoms with Gasteiger partial charge in [-0.1, -0.05) is 18.2 Å². The Bertz CT molecular complexity index is 903. The monoisotopic (exact) mass is 331 g/mol. The summed E-state index contributed by atoms with van der Waals surface area (Å²) < 4.78 is 7.31. The molecule has 0 bridgehead atoms. The number of aryl methyl sites for hydroxylation is 1. The van der Waals surface area contributed by atoms with Crippen LogP contribution in [0.25, 0.3) is 11.8 Å². The fraction of sp³-hybridized carbons (Fsp3) is 0.136. The molecule has 126 valence electrons. The molecule has 0 fully saturated rings. The normalized spacial score (nSPS) is 11.0. The largest absolute Gasteiger partial charge is 0.497 e. The number of ketones is 1. The third-order valence-electron chi connectivity index (χ3n) is 4.27. The topological polar surface area (TPSA) is 31.2 Å². The van der Waals surface area contributed by atoms with Crippen LogP contribution in [0.2, 0.25) is 0 Å². The molecule has 1 aromatic heterocycles. The molecule has 0 unspecified atom stereocenters. The standard InChI is InChI=1S/C22H21NO2/c1-16-15-19(17(2)23(16)20-7-5-4-6-8-20)11-14-22(24)18-9-12-21(25-3)13-10-18/h4-15H,1-3H3/b14-11+. The molecule has 0 saturated carbocycles. The summed E-state index contributed by atoms with van der Waals surface area (Å²) in [6, 6.07) is 19.5. The number of ether oxygens (including phenoxy) is 1. The molecule has 0 N–H and O–H groups in total. The first kappa shape index (κ1) is 16.8. The Labute approximate surface area is 148 Å². The van der Waals surface area contributed by atoms with Gasteiger partial charge in [-0.05, 0) is 74.0 Å². The first-order chi connectivity index (χ1) is 12.1. The van der Waals surface area contributed by atoms with Gasteiger partial charge >= 0.3 is 0 Å². The molecule has 3 rings (SSSR count). The van der Waals surface area contributed by atoms with Crippen LogP contribution in [0.5, 0.6) is 5.75 Å². The van der Waals surface area contributed by atoms with Crippen LogP contribution in [0.1, 0.15) is 27.3 Å². The van der Waals surface area contributed by atoms with Crippen molar-refractivity contribution in [3.05, 3.63) is 89.3 Å². The van der Waals surface area contributed by atoms with E-state index in [1.807, 2.05) is 24.3 Å². The molecule has 3 nitrogen and oxygen atoms in total. The lowest BCUT2D eigenvalue weighted by Crippen LogP contribution is -1.98. The SMILES string of the molecule is COc1ccc(C(=O)/C=C/c2cc(C)n(-c3ccccc3)c2C)cc1. The molecule has 0 spiro atoms. The van der Waals surface area contributed by atoms with Gasteiger partial charge in [0.1, 0.15) is 5.75 Å². The Balaban J connectivity index is 1.85. The zero-order valence-electron chi connectivity index (χ0n) is 14.7. The van der Waals surface area contributed by atoms with Crippen LogP contribution in [0.3, 0.4) is 0 Å². The van der Waals surface area contributed by atoms with Crippen LogP contribution in [-0.4, -0.2) is 17.5 Å². The van der Waals surface area contributed by atoms with E-state index in [0.29, 0.717) is 5.56 Å². The molecule has 0 aliphatic carbocycles. The van der Waals surface area contributed by atoms with Crippen LogP contribution in [0.15, 0.2) is 66.7 Å². The molecule has 0 radical (unpaired) electrons. The van der Waals surface area contributed by atoms with Crippen molar-refractivity contribution >= 4 is 11.9 Å². The summed E-state index contributed by atoms with van der Waals surface area (Å²) in [5.41, 5.74) is 5.07. The average Bonchev–Trinajstić information content (AvgIpc) is 2.94. The van der Waals surface area contributed by atoms with Gasteiger partial charge in [0.15, 0.2) is 5.78 Å². The van der Waals surface area contributed by atoms with E-state index in [9.17, 15) is 4.79 Å². The maximum absolute atomic E-state index is 12.4. The minimum absolute atomic E-state index is 0.0211. The molecule has 3 heteroatoms. The Kier molecular flexibility index (Phi) is 4.85. The number of benzene rings is 2. The van der Waals surface area contributed by atoms with Crippen LogP contribution < -0.4 is 4.74 Å². The molecule has 3 aromatic rings.